The molecule has 10 heavy (non-hydrogen) atoms. The van der Waals surface area contributed by atoms with Gasteiger partial charge in [-0.3, -0.25) is 0 Å². The van der Waals surface area contributed by atoms with Crippen molar-refractivity contribution in [2.45, 2.75) is 13.8 Å². The highest BCUT2D eigenvalue weighted by molar-refractivity contribution is 7.14. The molecule has 0 bridgehead atoms. The number of hydrogen-bond donors (Lipinski definition) is 0. The molecule has 0 unspecified atom stereocenters. The van der Waals surface area contributed by atoms with Crippen LogP contribution in [0, 0.1) is 0 Å². The highest BCUT2D eigenvalue weighted by Crippen LogP contribution is 2.24. The molecule has 0 spiro atoms. The molecule has 0 saturated carbocycles. The highest BCUT2D eigenvalue weighted by atomic mass is 35.5. The third-order valence-electron chi connectivity index (χ3n) is 1.46. The molecule has 0 aliphatic carbocycles. The average molecular weight is 173 g/mol. The van der Waals surface area contributed by atoms with E-state index in [9.17, 15) is 0 Å². The van der Waals surface area contributed by atoms with Crippen LogP contribution in [0.3, 0.4) is 0 Å². The van der Waals surface area contributed by atoms with Crippen molar-refractivity contribution in [1.29, 1.82) is 0 Å². The summed E-state index contributed by atoms with van der Waals surface area (Å²) in [4.78, 5) is 0. The van der Waals surface area contributed by atoms with Crippen LogP contribution in [-0.2, 0) is 0 Å². The maximum atomic E-state index is 5.75. The Bertz CT molecular complexity index is 248. The lowest BCUT2D eigenvalue weighted by Crippen LogP contribution is -1.69. The topological polar surface area (TPSA) is 0 Å². The van der Waals surface area contributed by atoms with E-state index in [1.807, 2.05) is 13.0 Å². The lowest BCUT2D eigenvalue weighted by molar-refractivity contribution is 1.60. The van der Waals surface area contributed by atoms with E-state index in [1.54, 1.807) is 11.3 Å². The Morgan fingerprint density at radius 2 is 2.40 bits per heavy atom. The van der Waals surface area contributed by atoms with Crippen LogP contribution in [0.1, 0.15) is 19.4 Å². The molecule has 0 N–H and O–H groups in total. The van der Waals surface area contributed by atoms with Gasteiger partial charge in [0.2, 0.25) is 0 Å². The molecule has 0 nitrogen and oxygen atoms in total. The SMILES string of the molecule is C/C=C(\C)c1csc(Cl)c1. The first-order chi connectivity index (χ1) is 4.74. The summed E-state index contributed by atoms with van der Waals surface area (Å²) in [6.45, 7) is 4.11. The van der Waals surface area contributed by atoms with Gasteiger partial charge in [-0.05, 0) is 36.4 Å². The molecular weight excluding hydrogens is 164 g/mol. The van der Waals surface area contributed by atoms with Gasteiger partial charge in [0, 0.05) is 0 Å². The van der Waals surface area contributed by atoms with E-state index in [2.05, 4.69) is 18.4 Å². The van der Waals surface area contributed by atoms with Crippen molar-refractivity contribution in [3.05, 3.63) is 27.4 Å². The molecule has 0 fully saturated rings. The van der Waals surface area contributed by atoms with Crippen LogP contribution < -0.4 is 0 Å². The van der Waals surface area contributed by atoms with Crippen LogP contribution in [0.2, 0.25) is 4.34 Å². The minimum atomic E-state index is 0.858. The molecule has 0 amide bonds. The Labute approximate surface area is 70.1 Å². The van der Waals surface area contributed by atoms with Gasteiger partial charge >= 0.3 is 0 Å². The van der Waals surface area contributed by atoms with Crippen LogP contribution in [0.25, 0.3) is 5.57 Å². The summed E-state index contributed by atoms with van der Waals surface area (Å²) < 4.78 is 0.858. The summed E-state index contributed by atoms with van der Waals surface area (Å²) in [6.07, 6.45) is 2.08. The number of allylic oxidation sites excluding steroid dienone is 2. The first-order valence-electron chi connectivity index (χ1n) is 3.11. The van der Waals surface area contributed by atoms with Gasteiger partial charge in [0.05, 0.1) is 4.34 Å². The first-order valence-corrected chi connectivity index (χ1v) is 4.37. The van der Waals surface area contributed by atoms with Crippen LogP contribution >= 0.6 is 22.9 Å². The number of thiophene rings is 1. The molecule has 0 atom stereocenters. The fraction of sp³-hybridized carbons (Fsp3) is 0.250. The summed E-state index contributed by atoms with van der Waals surface area (Å²) in [7, 11) is 0. The summed E-state index contributed by atoms with van der Waals surface area (Å²) in [5, 5.41) is 2.07. The van der Waals surface area contributed by atoms with Gasteiger partial charge in [-0.15, -0.1) is 11.3 Å². The second-order valence-corrected chi connectivity index (χ2v) is 3.65. The molecule has 0 aliphatic heterocycles. The van der Waals surface area contributed by atoms with Gasteiger partial charge in [-0.2, -0.15) is 0 Å². The molecule has 1 heterocycles. The van der Waals surface area contributed by atoms with Crippen molar-refractivity contribution in [1.82, 2.24) is 0 Å². The van der Waals surface area contributed by atoms with Gasteiger partial charge in [0.1, 0.15) is 0 Å². The van der Waals surface area contributed by atoms with E-state index in [1.165, 1.54) is 11.1 Å². The van der Waals surface area contributed by atoms with E-state index in [-0.39, 0.29) is 0 Å². The van der Waals surface area contributed by atoms with Gasteiger partial charge in [0.15, 0.2) is 0 Å². The largest absolute Gasteiger partial charge is 0.131 e. The second-order valence-electron chi connectivity index (χ2n) is 2.11. The van der Waals surface area contributed by atoms with Crippen molar-refractivity contribution >= 4 is 28.5 Å². The Balaban J connectivity index is 2.95. The van der Waals surface area contributed by atoms with E-state index in [0.717, 1.165) is 4.34 Å². The van der Waals surface area contributed by atoms with E-state index >= 15 is 0 Å². The fourth-order valence-electron chi connectivity index (χ4n) is 0.684. The number of halogens is 1. The van der Waals surface area contributed by atoms with E-state index in [4.69, 9.17) is 11.6 Å². The lowest BCUT2D eigenvalue weighted by atomic mass is 10.2. The first kappa shape index (κ1) is 7.83. The van der Waals surface area contributed by atoms with E-state index < -0.39 is 0 Å². The molecule has 0 aromatic carbocycles. The monoisotopic (exact) mass is 172 g/mol. The third kappa shape index (κ3) is 1.61. The predicted octanol–water partition coefficient (Wildman–Crippen LogP) is 3.82. The Kier molecular flexibility index (Phi) is 2.52. The lowest BCUT2D eigenvalue weighted by Gasteiger charge is -1.91. The Morgan fingerprint density at radius 3 is 2.80 bits per heavy atom. The number of hydrogen-bond acceptors (Lipinski definition) is 1. The molecule has 1 aromatic heterocycles. The Morgan fingerprint density at radius 1 is 1.70 bits per heavy atom. The zero-order valence-electron chi connectivity index (χ0n) is 6.02. The zero-order valence-corrected chi connectivity index (χ0v) is 7.59. The molecule has 0 aliphatic rings. The number of rotatable bonds is 1. The normalized spacial score (nSPS) is 12.1. The van der Waals surface area contributed by atoms with Gasteiger partial charge in [-0.1, -0.05) is 17.7 Å². The Hall–Kier alpha value is -0.270. The molecule has 0 saturated heterocycles. The molecule has 1 aromatic rings. The van der Waals surface area contributed by atoms with Crippen LogP contribution in [0.4, 0.5) is 0 Å². The van der Waals surface area contributed by atoms with Crippen LogP contribution in [0.5, 0.6) is 0 Å². The van der Waals surface area contributed by atoms with Gasteiger partial charge < -0.3 is 0 Å². The maximum Gasteiger partial charge on any atom is 0.0934 e. The van der Waals surface area contributed by atoms with Crippen molar-refractivity contribution in [2.24, 2.45) is 0 Å². The predicted molar refractivity (Wildman–Crippen MR) is 48.7 cm³/mol. The summed E-state index contributed by atoms with van der Waals surface area (Å²) in [5.74, 6) is 0. The summed E-state index contributed by atoms with van der Waals surface area (Å²) in [6, 6.07) is 1.99. The van der Waals surface area contributed by atoms with E-state index in [0.29, 0.717) is 0 Å². The molecule has 2 heteroatoms. The molecule has 1 rings (SSSR count). The average Bonchev–Trinajstić information content (AvgIpc) is 2.34. The molecule has 54 valence electrons. The third-order valence-corrected chi connectivity index (χ3v) is 2.55. The maximum absolute atomic E-state index is 5.75. The zero-order chi connectivity index (χ0) is 7.56. The smallest absolute Gasteiger partial charge is 0.0934 e. The van der Waals surface area contributed by atoms with Crippen molar-refractivity contribution in [2.75, 3.05) is 0 Å². The quantitative estimate of drug-likeness (QED) is 0.604. The fourth-order valence-corrected chi connectivity index (χ4v) is 1.62. The van der Waals surface area contributed by atoms with Gasteiger partial charge in [-0.25, -0.2) is 0 Å². The second kappa shape index (κ2) is 3.22. The van der Waals surface area contributed by atoms with Crippen molar-refractivity contribution < 1.29 is 0 Å². The minimum absolute atomic E-state index is 0.858. The summed E-state index contributed by atoms with van der Waals surface area (Å²) in [5.41, 5.74) is 2.51. The highest BCUT2D eigenvalue weighted by Gasteiger charge is 1.96. The van der Waals surface area contributed by atoms with Crippen LogP contribution in [0.15, 0.2) is 17.5 Å². The standard InChI is InChI=1S/C8H9ClS/c1-3-6(2)7-4-8(9)10-5-7/h3-5H,1-2H3/b6-3+. The molecule has 0 radical (unpaired) electrons. The minimum Gasteiger partial charge on any atom is -0.131 e. The van der Waals surface area contributed by atoms with Crippen LogP contribution in [-0.4, -0.2) is 0 Å². The van der Waals surface area contributed by atoms with Crippen molar-refractivity contribution in [3.63, 3.8) is 0 Å². The van der Waals surface area contributed by atoms with Gasteiger partial charge in [0.25, 0.3) is 0 Å². The summed E-state index contributed by atoms with van der Waals surface area (Å²) >= 11 is 7.33. The molecular formula is C8H9ClS. The van der Waals surface area contributed by atoms with Crippen molar-refractivity contribution in [3.8, 4) is 0 Å².